The Bertz CT molecular complexity index is 915. The maximum atomic E-state index is 12.7. The van der Waals surface area contributed by atoms with E-state index < -0.39 is 10.8 Å². The van der Waals surface area contributed by atoms with E-state index >= 15 is 0 Å². The number of hydrogen-bond donors (Lipinski definition) is 0. The third-order valence-electron chi connectivity index (χ3n) is 3.99. The number of benzene rings is 1. The molecule has 2 aromatic heterocycles. The molecule has 134 valence electrons. The van der Waals surface area contributed by atoms with Crippen molar-refractivity contribution < 1.29 is 9.72 Å². The molecule has 0 aliphatic rings. The van der Waals surface area contributed by atoms with Gasteiger partial charge in [0.25, 0.3) is 5.91 Å². The Morgan fingerprint density at radius 2 is 2.00 bits per heavy atom. The van der Waals surface area contributed by atoms with E-state index in [1.807, 2.05) is 36.5 Å². The van der Waals surface area contributed by atoms with E-state index in [9.17, 15) is 14.9 Å². The van der Waals surface area contributed by atoms with Crippen molar-refractivity contribution in [1.82, 2.24) is 24.5 Å². The quantitative estimate of drug-likeness (QED) is 0.499. The number of hydrogen-bond acceptors (Lipinski definition) is 5. The minimum absolute atomic E-state index is 0.00633. The minimum Gasteiger partial charge on any atom is -0.336 e. The van der Waals surface area contributed by atoms with Gasteiger partial charge < -0.3 is 4.90 Å². The first-order chi connectivity index (χ1) is 12.5. The van der Waals surface area contributed by atoms with Crippen molar-refractivity contribution in [2.45, 2.75) is 20.0 Å². The molecular formula is C17H18N6O3. The first-order valence-electron chi connectivity index (χ1n) is 8.06. The van der Waals surface area contributed by atoms with Gasteiger partial charge in [0.1, 0.15) is 6.20 Å². The Labute approximate surface area is 149 Å². The van der Waals surface area contributed by atoms with Gasteiger partial charge in [-0.3, -0.25) is 19.6 Å². The van der Waals surface area contributed by atoms with E-state index in [0.29, 0.717) is 13.1 Å². The molecule has 26 heavy (non-hydrogen) atoms. The number of rotatable bonds is 6. The summed E-state index contributed by atoms with van der Waals surface area (Å²) in [6.07, 6.45) is 4.66. The summed E-state index contributed by atoms with van der Waals surface area (Å²) in [5, 5.41) is 19.2. The van der Waals surface area contributed by atoms with Crippen molar-refractivity contribution in [2.75, 3.05) is 7.05 Å². The van der Waals surface area contributed by atoms with Gasteiger partial charge in [-0.25, -0.2) is 4.68 Å². The van der Waals surface area contributed by atoms with Crippen LogP contribution >= 0.6 is 0 Å². The Kier molecular flexibility index (Phi) is 4.78. The van der Waals surface area contributed by atoms with Crippen molar-refractivity contribution in [3.05, 3.63) is 70.3 Å². The summed E-state index contributed by atoms with van der Waals surface area (Å²) in [6, 6.07) is 9.43. The van der Waals surface area contributed by atoms with Crippen LogP contribution in [-0.4, -0.2) is 42.3 Å². The highest BCUT2D eigenvalue weighted by molar-refractivity contribution is 5.96. The van der Waals surface area contributed by atoms with Crippen molar-refractivity contribution >= 4 is 11.6 Å². The van der Waals surface area contributed by atoms with E-state index in [1.54, 1.807) is 24.9 Å². The second kappa shape index (κ2) is 7.18. The largest absolute Gasteiger partial charge is 0.336 e. The third kappa shape index (κ3) is 3.32. The molecule has 3 rings (SSSR count). The summed E-state index contributed by atoms with van der Waals surface area (Å²) in [5.41, 5.74) is 1.53. The van der Waals surface area contributed by atoms with Gasteiger partial charge in [-0.05, 0) is 30.7 Å². The van der Waals surface area contributed by atoms with Gasteiger partial charge in [-0.1, -0.05) is 12.1 Å². The Morgan fingerprint density at radius 1 is 1.27 bits per heavy atom. The van der Waals surface area contributed by atoms with Gasteiger partial charge >= 0.3 is 5.69 Å². The van der Waals surface area contributed by atoms with Crippen LogP contribution in [0.1, 0.15) is 23.0 Å². The van der Waals surface area contributed by atoms with Crippen molar-refractivity contribution in [3.63, 3.8) is 0 Å². The summed E-state index contributed by atoms with van der Waals surface area (Å²) in [7, 11) is 1.61. The lowest BCUT2D eigenvalue weighted by molar-refractivity contribution is -0.385. The third-order valence-corrected chi connectivity index (χ3v) is 3.99. The van der Waals surface area contributed by atoms with Crippen molar-refractivity contribution in [3.8, 4) is 5.69 Å². The molecule has 9 nitrogen and oxygen atoms in total. The van der Waals surface area contributed by atoms with Crippen LogP contribution in [0.3, 0.4) is 0 Å². The van der Waals surface area contributed by atoms with Gasteiger partial charge in [-0.15, -0.1) is 0 Å². The van der Waals surface area contributed by atoms with E-state index in [0.717, 1.165) is 17.4 Å². The number of aromatic nitrogens is 4. The monoisotopic (exact) mass is 354 g/mol. The lowest BCUT2D eigenvalue weighted by Crippen LogP contribution is -2.29. The predicted molar refractivity (Wildman–Crippen MR) is 93.9 cm³/mol. The molecular weight excluding hydrogens is 336 g/mol. The highest BCUT2D eigenvalue weighted by atomic mass is 16.6. The molecule has 1 aromatic carbocycles. The van der Waals surface area contributed by atoms with Crippen molar-refractivity contribution in [2.24, 2.45) is 0 Å². The number of nitro groups is 1. The molecule has 2 heterocycles. The zero-order chi connectivity index (χ0) is 18.7. The molecule has 0 saturated heterocycles. The zero-order valence-corrected chi connectivity index (χ0v) is 14.4. The first-order valence-corrected chi connectivity index (χ1v) is 8.06. The standard InChI is InChI=1S/C17H18N6O3/c1-3-21-16(15(11-19-21)23(25)26)17(24)20(2)12-13-5-7-14(8-6-13)22-10-4-9-18-22/h4-11H,3,12H2,1-2H3. The predicted octanol–water partition coefficient (Wildman–Crippen LogP) is 2.27. The average molecular weight is 354 g/mol. The molecule has 0 radical (unpaired) electrons. The van der Waals surface area contributed by atoms with Crippen LogP contribution in [0.2, 0.25) is 0 Å². The van der Waals surface area contributed by atoms with Crippen molar-refractivity contribution in [1.29, 1.82) is 0 Å². The molecule has 3 aromatic rings. The summed E-state index contributed by atoms with van der Waals surface area (Å²) >= 11 is 0. The zero-order valence-electron chi connectivity index (χ0n) is 14.4. The molecule has 0 spiro atoms. The van der Waals surface area contributed by atoms with E-state index in [2.05, 4.69) is 10.2 Å². The Morgan fingerprint density at radius 3 is 2.58 bits per heavy atom. The van der Waals surface area contributed by atoms with Gasteiger partial charge in [0.05, 0.1) is 10.6 Å². The van der Waals surface area contributed by atoms with Crippen LogP contribution in [0, 0.1) is 10.1 Å². The van der Waals surface area contributed by atoms with Crippen LogP contribution in [0.5, 0.6) is 0 Å². The first kappa shape index (κ1) is 17.3. The van der Waals surface area contributed by atoms with E-state index in [4.69, 9.17) is 0 Å². The number of carbonyl (C=O) groups is 1. The highest BCUT2D eigenvalue weighted by Crippen LogP contribution is 2.20. The minimum atomic E-state index is -0.584. The number of aryl methyl sites for hydroxylation is 1. The van der Waals surface area contributed by atoms with E-state index in [-0.39, 0.29) is 11.4 Å². The number of amides is 1. The van der Waals surface area contributed by atoms with Gasteiger partial charge in [0.15, 0.2) is 0 Å². The smallest absolute Gasteiger partial charge is 0.320 e. The molecule has 0 fully saturated rings. The van der Waals surface area contributed by atoms with Crippen LogP contribution in [-0.2, 0) is 13.1 Å². The summed E-state index contributed by atoms with van der Waals surface area (Å²) in [5.74, 6) is -0.438. The number of nitrogens with zero attached hydrogens (tertiary/aromatic N) is 6. The van der Waals surface area contributed by atoms with Crippen LogP contribution in [0.4, 0.5) is 5.69 Å². The maximum Gasteiger partial charge on any atom is 0.320 e. The Balaban J connectivity index is 1.78. The molecule has 0 aliphatic heterocycles. The fourth-order valence-electron chi connectivity index (χ4n) is 2.67. The Hall–Kier alpha value is -3.49. The van der Waals surface area contributed by atoms with Crippen LogP contribution in [0.25, 0.3) is 5.69 Å². The van der Waals surface area contributed by atoms with Gasteiger partial charge in [0, 0.05) is 32.5 Å². The highest BCUT2D eigenvalue weighted by Gasteiger charge is 2.28. The fourth-order valence-corrected chi connectivity index (χ4v) is 2.67. The average Bonchev–Trinajstić information content (AvgIpc) is 3.31. The van der Waals surface area contributed by atoms with Crippen LogP contribution in [0.15, 0.2) is 48.9 Å². The second-order valence-electron chi connectivity index (χ2n) is 5.73. The molecule has 0 N–H and O–H groups in total. The molecule has 0 unspecified atom stereocenters. The molecule has 0 atom stereocenters. The lowest BCUT2D eigenvalue weighted by atomic mass is 10.2. The SMILES string of the molecule is CCn1ncc([N+](=O)[O-])c1C(=O)N(C)Cc1ccc(-n2cccn2)cc1. The lowest BCUT2D eigenvalue weighted by Gasteiger charge is -2.17. The summed E-state index contributed by atoms with van der Waals surface area (Å²) in [6.45, 7) is 2.48. The summed E-state index contributed by atoms with van der Waals surface area (Å²) in [4.78, 5) is 24.7. The second-order valence-corrected chi connectivity index (χ2v) is 5.73. The topological polar surface area (TPSA) is 99.1 Å². The molecule has 0 bridgehead atoms. The normalized spacial score (nSPS) is 10.7. The van der Waals surface area contributed by atoms with Gasteiger partial charge in [-0.2, -0.15) is 10.2 Å². The molecule has 0 saturated carbocycles. The van der Waals surface area contributed by atoms with E-state index in [1.165, 1.54) is 9.58 Å². The maximum absolute atomic E-state index is 12.7. The van der Waals surface area contributed by atoms with Gasteiger partial charge in [0.2, 0.25) is 5.69 Å². The fraction of sp³-hybridized carbons (Fsp3) is 0.235. The molecule has 9 heteroatoms. The molecule has 1 amide bonds. The molecule has 0 aliphatic carbocycles. The number of carbonyl (C=O) groups excluding carboxylic acids is 1. The van der Waals surface area contributed by atoms with Crippen LogP contribution < -0.4 is 0 Å². The summed E-state index contributed by atoms with van der Waals surface area (Å²) < 4.78 is 3.08.